The first-order chi connectivity index (χ1) is 27.5. The van der Waals surface area contributed by atoms with Gasteiger partial charge in [-0.1, -0.05) is 25.0 Å². The summed E-state index contributed by atoms with van der Waals surface area (Å²) in [7, 11) is 0. The molecule has 0 bridgehead atoms. The second kappa shape index (κ2) is 18.7. The maximum Gasteiger partial charge on any atom is 0.265 e. The van der Waals surface area contributed by atoms with Crippen molar-refractivity contribution in [2.75, 3.05) is 57.7 Å². The SMILES string of the molecule is NCCN1CCCCC1.O=C1CCC(N2C(=O)c3cccc(F)c3C2=O)C(=O)N1.O=C1CCC(N2C(=O)c3cccc(NCCN4CCCCC4)c3C2=O)C(=O)N1. The number of nitrogens with zero attached hydrogens (tertiary/aromatic N) is 4. The Morgan fingerprint density at radius 1 is 0.614 bits per heavy atom. The van der Waals surface area contributed by atoms with Crippen LogP contribution < -0.4 is 21.7 Å². The van der Waals surface area contributed by atoms with E-state index in [4.69, 9.17) is 5.73 Å². The number of carbonyl (C=O) groups is 8. The Morgan fingerprint density at radius 3 is 1.58 bits per heavy atom. The highest BCUT2D eigenvalue weighted by atomic mass is 19.1. The number of rotatable bonds is 8. The number of piperidine rings is 4. The molecule has 4 fully saturated rings. The van der Waals surface area contributed by atoms with E-state index in [0.717, 1.165) is 48.6 Å². The molecule has 2 aromatic rings. The van der Waals surface area contributed by atoms with E-state index in [9.17, 15) is 42.7 Å². The third-order valence-corrected chi connectivity index (χ3v) is 11.0. The normalized spacial score (nSPS) is 22.6. The van der Waals surface area contributed by atoms with E-state index in [1.54, 1.807) is 18.2 Å². The minimum Gasteiger partial charge on any atom is -0.383 e. The molecule has 6 aliphatic rings. The van der Waals surface area contributed by atoms with Crippen molar-refractivity contribution in [2.45, 2.75) is 76.3 Å². The van der Waals surface area contributed by atoms with Crippen LogP contribution >= 0.6 is 0 Å². The smallest absolute Gasteiger partial charge is 0.265 e. The number of nitrogens with one attached hydrogen (secondary N) is 3. The van der Waals surface area contributed by atoms with E-state index in [2.05, 4.69) is 25.8 Å². The zero-order valence-corrected chi connectivity index (χ0v) is 31.9. The summed E-state index contributed by atoms with van der Waals surface area (Å²) in [5.74, 6) is -5.43. The molecule has 304 valence electrons. The molecule has 17 heteroatoms. The summed E-state index contributed by atoms with van der Waals surface area (Å²) in [6.45, 7) is 8.21. The third-order valence-electron chi connectivity index (χ3n) is 11.0. The lowest BCUT2D eigenvalue weighted by Crippen LogP contribution is -2.54. The Hall–Kier alpha value is -5.39. The van der Waals surface area contributed by atoms with Gasteiger partial charge in [-0.05, 0) is 89.0 Å². The molecule has 8 amide bonds. The van der Waals surface area contributed by atoms with Gasteiger partial charge < -0.3 is 20.9 Å². The van der Waals surface area contributed by atoms with E-state index < -0.39 is 59.3 Å². The van der Waals surface area contributed by atoms with Crippen LogP contribution in [0.15, 0.2) is 36.4 Å². The van der Waals surface area contributed by atoms with Crippen molar-refractivity contribution in [3.8, 4) is 0 Å². The second-order valence-corrected chi connectivity index (χ2v) is 14.8. The molecular formula is C40H49FN8O8. The van der Waals surface area contributed by atoms with Gasteiger partial charge in [-0.3, -0.25) is 58.8 Å². The van der Waals surface area contributed by atoms with E-state index >= 15 is 0 Å². The number of fused-ring (bicyclic) bond motifs is 2. The highest BCUT2D eigenvalue weighted by Gasteiger charge is 2.47. The van der Waals surface area contributed by atoms with Gasteiger partial charge >= 0.3 is 0 Å². The summed E-state index contributed by atoms with van der Waals surface area (Å²) in [5.41, 5.74) is 6.28. The van der Waals surface area contributed by atoms with Gasteiger partial charge in [0.15, 0.2) is 0 Å². The van der Waals surface area contributed by atoms with Crippen LogP contribution in [0, 0.1) is 5.82 Å². The fraction of sp³-hybridized carbons (Fsp3) is 0.500. The number of benzene rings is 2. The summed E-state index contributed by atoms with van der Waals surface area (Å²) in [4.78, 5) is 103. The lowest BCUT2D eigenvalue weighted by molar-refractivity contribution is -0.137. The molecule has 5 N–H and O–H groups in total. The zero-order valence-electron chi connectivity index (χ0n) is 31.9. The van der Waals surface area contributed by atoms with E-state index in [-0.39, 0.29) is 42.7 Å². The molecule has 6 aliphatic heterocycles. The molecule has 8 rings (SSSR count). The van der Waals surface area contributed by atoms with Crippen molar-refractivity contribution in [1.82, 2.24) is 30.2 Å². The molecule has 0 aliphatic carbocycles. The third kappa shape index (κ3) is 9.27. The van der Waals surface area contributed by atoms with Crippen LogP contribution in [0.3, 0.4) is 0 Å². The summed E-state index contributed by atoms with van der Waals surface area (Å²) < 4.78 is 13.7. The lowest BCUT2D eigenvalue weighted by Gasteiger charge is -2.28. The molecule has 2 atom stereocenters. The van der Waals surface area contributed by atoms with Crippen molar-refractivity contribution in [3.05, 3.63) is 64.5 Å². The number of halogens is 1. The Morgan fingerprint density at radius 2 is 1.09 bits per heavy atom. The fourth-order valence-electron chi connectivity index (χ4n) is 8.03. The number of carbonyl (C=O) groups excluding carboxylic acids is 8. The first-order valence-corrected chi connectivity index (χ1v) is 19.7. The van der Waals surface area contributed by atoms with Gasteiger partial charge in [0.25, 0.3) is 23.6 Å². The van der Waals surface area contributed by atoms with Gasteiger partial charge in [-0.25, -0.2) is 4.39 Å². The average Bonchev–Trinajstić information content (AvgIpc) is 3.61. The number of nitrogens with two attached hydrogens (primary N) is 1. The van der Waals surface area contributed by atoms with Crippen molar-refractivity contribution < 1.29 is 42.7 Å². The number of likely N-dealkylation sites (tertiary alicyclic amines) is 2. The van der Waals surface area contributed by atoms with Crippen molar-refractivity contribution >= 4 is 52.9 Å². The Balaban J connectivity index is 0.000000164. The van der Waals surface area contributed by atoms with Gasteiger partial charge in [0.05, 0.1) is 22.3 Å². The Bertz CT molecular complexity index is 1930. The first-order valence-electron chi connectivity index (χ1n) is 19.7. The molecule has 2 aromatic carbocycles. The number of hydrogen-bond donors (Lipinski definition) is 4. The zero-order chi connectivity index (χ0) is 40.6. The van der Waals surface area contributed by atoms with Crippen LogP contribution in [-0.4, -0.2) is 131 Å². The Kier molecular flexibility index (Phi) is 13.5. The summed E-state index contributed by atoms with van der Waals surface area (Å²) in [6.07, 6.45) is 8.25. The summed E-state index contributed by atoms with van der Waals surface area (Å²) in [5, 5.41) is 7.57. The van der Waals surface area contributed by atoms with Gasteiger partial charge in [-0.2, -0.15) is 0 Å². The maximum absolute atomic E-state index is 13.7. The predicted octanol–water partition coefficient (Wildman–Crippen LogP) is 1.64. The van der Waals surface area contributed by atoms with E-state index in [1.807, 2.05) is 0 Å². The molecule has 2 unspecified atom stereocenters. The second-order valence-electron chi connectivity index (χ2n) is 14.8. The van der Waals surface area contributed by atoms with Crippen molar-refractivity contribution in [2.24, 2.45) is 5.73 Å². The number of hydrogen-bond acceptors (Lipinski definition) is 12. The highest BCUT2D eigenvalue weighted by Crippen LogP contribution is 2.33. The summed E-state index contributed by atoms with van der Waals surface area (Å²) >= 11 is 0. The highest BCUT2D eigenvalue weighted by molar-refractivity contribution is 6.26. The van der Waals surface area contributed by atoms with Gasteiger partial charge in [-0.15, -0.1) is 0 Å². The van der Waals surface area contributed by atoms with Crippen LogP contribution in [0.4, 0.5) is 10.1 Å². The average molecular weight is 789 g/mol. The Labute approximate surface area is 329 Å². The topological polar surface area (TPSA) is 212 Å². The molecule has 0 radical (unpaired) electrons. The van der Waals surface area contributed by atoms with Gasteiger partial charge in [0, 0.05) is 44.7 Å². The minimum atomic E-state index is -1.07. The molecule has 16 nitrogen and oxygen atoms in total. The molecule has 6 heterocycles. The standard InChI is InChI=1S/C20H24N4O4.C13H9FN2O4.C7H16N2/c25-16-8-7-15(18(26)22-16)24-19(27)13-5-4-6-14(17(13)20(24)28)21-9-12-23-10-2-1-3-11-23;14-7-3-1-2-6-10(7)13(20)16(12(6)19)8-4-5-9(17)15-11(8)18;8-4-7-9-5-2-1-3-6-9/h4-6,15,21H,1-3,7-12H2,(H,22,25,26);1-3,8H,4-5H2,(H,15,17,18);1-8H2. The maximum atomic E-state index is 13.7. The van der Waals surface area contributed by atoms with Crippen LogP contribution in [0.5, 0.6) is 0 Å². The summed E-state index contributed by atoms with van der Waals surface area (Å²) in [6, 6.07) is 6.87. The minimum absolute atomic E-state index is 0.0340. The van der Waals surface area contributed by atoms with Crippen LogP contribution in [0.25, 0.3) is 0 Å². The number of imide groups is 4. The monoisotopic (exact) mass is 788 g/mol. The number of amides is 8. The van der Waals surface area contributed by atoms with Crippen LogP contribution in [0.2, 0.25) is 0 Å². The lowest BCUT2D eigenvalue weighted by atomic mass is 10.0. The molecule has 0 spiro atoms. The fourth-order valence-corrected chi connectivity index (χ4v) is 8.03. The largest absolute Gasteiger partial charge is 0.383 e. The molecule has 4 saturated heterocycles. The van der Waals surface area contributed by atoms with Crippen molar-refractivity contribution in [3.63, 3.8) is 0 Å². The molecule has 57 heavy (non-hydrogen) atoms. The van der Waals surface area contributed by atoms with Crippen LogP contribution in [-0.2, 0) is 19.2 Å². The van der Waals surface area contributed by atoms with Crippen LogP contribution in [0.1, 0.15) is 106 Å². The first kappa shape index (κ1) is 41.2. The molecule has 0 saturated carbocycles. The number of anilines is 1. The van der Waals surface area contributed by atoms with E-state index in [0.29, 0.717) is 23.4 Å². The van der Waals surface area contributed by atoms with Gasteiger partial charge in [0.1, 0.15) is 17.9 Å². The molecular weight excluding hydrogens is 739 g/mol. The van der Waals surface area contributed by atoms with E-state index in [1.165, 1.54) is 63.7 Å². The quantitative estimate of drug-likeness (QED) is 0.282. The van der Waals surface area contributed by atoms with Crippen molar-refractivity contribution in [1.29, 1.82) is 0 Å². The molecule has 0 aromatic heterocycles. The predicted molar refractivity (Wildman–Crippen MR) is 204 cm³/mol. The van der Waals surface area contributed by atoms with Gasteiger partial charge in [0.2, 0.25) is 23.6 Å².